The molecule has 0 aliphatic heterocycles. The van der Waals surface area contributed by atoms with Gasteiger partial charge in [-0.25, -0.2) is 0 Å². The zero-order valence-electron chi connectivity index (χ0n) is 79.1. The molecular formula is C91H184N2O11Si6. The van der Waals surface area contributed by atoms with Crippen LogP contribution in [0.1, 0.15) is 375 Å². The molecule has 0 saturated heterocycles. The highest BCUT2D eigenvalue weighted by Crippen LogP contribution is 2.50. The van der Waals surface area contributed by atoms with Crippen molar-refractivity contribution in [2.75, 3.05) is 52.9 Å². The van der Waals surface area contributed by atoms with Crippen LogP contribution < -0.4 is 20.1 Å². The average molecular weight is 1650 g/mol. The van der Waals surface area contributed by atoms with E-state index in [1.54, 1.807) is 6.07 Å². The van der Waals surface area contributed by atoms with E-state index in [-0.39, 0.29) is 11.8 Å². The molecule has 0 aliphatic carbocycles. The third kappa shape index (κ3) is 29.2. The highest BCUT2D eigenvalue weighted by Gasteiger charge is 2.55. The van der Waals surface area contributed by atoms with E-state index >= 15 is 0 Å². The van der Waals surface area contributed by atoms with Gasteiger partial charge in [-0.2, -0.15) is 0 Å². The van der Waals surface area contributed by atoms with Crippen LogP contribution in [0.2, 0.25) is 99.7 Å². The van der Waals surface area contributed by atoms with E-state index < -0.39 is 61.0 Å². The van der Waals surface area contributed by atoms with Gasteiger partial charge in [0.05, 0.1) is 58.4 Å². The first-order chi connectivity index (χ1) is 51.1. The zero-order valence-corrected chi connectivity index (χ0v) is 85.1. The molecule has 0 fully saturated rings. The van der Waals surface area contributed by atoms with Gasteiger partial charge in [-0.15, -0.1) is 0 Å². The topological polar surface area (TPSA) is 149 Å². The van der Waals surface area contributed by atoms with Crippen LogP contribution in [0.3, 0.4) is 0 Å². The summed E-state index contributed by atoms with van der Waals surface area (Å²) in [4.78, 5) is 41.4. The molecule has 0 bridgehead atoms. The standard InChI is InChI=1S/C91H184N2O11Si6/c1-67(2)105(68(3)4,69(5)6)99-61-90(62-100-106(70(7)8,71(9)10)72(11)12,63-101-107(73(13)14,74(15)16)75(17)18)92-88(95)53-49-45-41-37-39-43-47-51-57-97-86-56-55-85(60-94)87(59-86)98-58-52-48-44-40-38-42-46-50-54-89(96)93-91(64-102-108(76(19)20,77(21)22)78(23)24,65-103-109(79(25)26,80(27)28)81(29)30)66-104-110(82(31)32,83(33)34)84(35)36/h55-56,59-60,67-84H,37-54,57-58,61-66H2,1-36H3,(H,92,95)(H,93,96). The summed E-state index contributed by atoms with van der Waals surface area (Å²) in [6, 6.07) is 5.55. The normalized spacial score (nSPS) is 13.8. The second kappa shape index (κ2) is 50.4. The van der Waals surface area contributed by atoms with Crippen molar-refractivity contribution < 1.29 is 50.4 Å². The van der Waals surface area contributed by atoms with Gasteiger partial charge in [0.15, 0.2) is 56.2 Å². The molecule has 1 rings (SSSR count). The van der Waals surface area contributed by atoms with Gasteiger partial charge in [-0.05, 0) is 138 Å². The van der Waals surface area contributed by atoms with Crippen LogP contribution in [0.4, 0.5) is 0 Å². The summed E-state index contributed by atoms with van der Waals surface area (Å²) < 4.78 is 57.8. The maximum absolute atomic E-state index is 14.6. The zero-order chi connectivity index (χ0) is 84.6. The van der Waals surface area contributed by atoms with Crippen LogP contribution in [0, 0.1) is 0 Å². The van der Waals surface area contributed by atoms with Gasteiger partial charge in [-0.1, -0.05) is 326 Å². The molecule has 648 valence electrons. The highest BCUT2D eigenvalue weighted by molar-refractivity contribution is 6.80. The number of hydrogen-bond acceptors (Lipinski definition) is 11. The van der Waals surface area contributed by atoms with Crippen LogP contribution in [0.15, 0.2) is 18.2 Å². The average Bonchev–Trinajstić information content (AvgIpc) is 0.776. The maximum Gasteiger partial charge on any atom is 0.220 e. The number of rotatable bonds is 63. The number of amides is 2. The Bertz CT molecular complexity index is 2370. The molecule has 0 unspecified atom stereocenters. The van der Waals surface area contributed by atoms with E-state index in [2.05, 4.69) is 260 Å². The molecule has 0 saturated carbocycles. The number of carbonyl (C=O) groups is 3. The Balaban J connectivity index is 3.00. The Kier molecular flexibility index (Phi) is 48.8. The minimum atomic E-state index is -2.36. The minimum Gasteiger partial charge on any atom is -0.493 e. The monoisotopic (exact) mass is 1650 g/mol. The lowest BCUT2D eigenvalue weighted by molar-refractivity contribution is -0.125. The van der Waals surface area contributed by atoms with Gasteiger partial charge in [0.2, 0.25) is 11.8 Å². The van der Waals surface area contributed by atoms with Crippen LogP contribution in [0.5, 0.6) is 11.5 Å². The van der Waals surface area contributed by atoms with E-state index in [1.807, 2.05) is 12.1 Å². The summed E-state index contributed by atoms with van der Waals surface area (Å²) in [5, 5.41) is 7.42. The van der Waals surface area contributed by atoms with Gasteiger partial charge in [0.25, 0.3) is 0 Å². The molecule has 13 nitrogen and oxygen atoms in total. The van der Waals surface area contributed by atoms with Crippen molar-refractivity contribution >= 4 is 68.0 Å². The number of benzene rings is 1. The van der Waals surface area contributed by atoms with Crippen LogP contribution in [-0.2, 0) is 36.1 Å². The molecule has 0 aromatic heterocycles. The first-order valence-corrected chi connectivity index (χ1v) is 58.3. The molecule has 19 heteroatoms. The largest absolute Gasteiger partial charge is 0.493 e. The first-order valence-electron chi connectivity index (χ1n) is 45.4. The number of unbranched alkanes of at least 4 members (excludes halogenated alkanes) is 14. The summed E-state index contributed by atoms with van der Waals surface area (Å²) in [6.07, 6.45) is 18.5. The Morgan fingerprint density at radius 1 is 0.291 bits per heavy atom. The van der Waals surface area contributed by atoms with Gasteiger partial charge in [0, 0.05) is 18.9 Å². The Labute approximate surface area is 688 Å². The third-order valence-electron chi connectivity index (χ3n) is 26.9. The Morgan fingerprint density at radius 2 is 0.482 bits per heavy atom. The summed E-state index contributed by atoms with van der Waals surface area (Å²) >= 11 is 0. The smallest absolute Gasteiger partial charge is 0.220 e. The van der Waals surface area contributed by atoms with E-state index in [4.69, 9.17) is 36.0 Å². The van der Waals surface area contributed by atoms with Crippen molar-refractivity contribution in [3.8, 4) is 11.5 Å². The van der Waals surface area contributed by atoms with Crippen molar-refractivity contribution in [2.24, 2.45) is 0 Å². The lowest BCUT2D eigenvalue weighted by Crippen LogP contribution is -2.65. The van der Waals surface area contributed by atoms with Gasteiger partial charge < -0.3 is 46.7 Å². The number of hydrogen-bond donors (Lipinski definition) is 2. The molecule has 0 radical (unpaired) electrons. The predicted octanol–water partition coefficient (Wildman–Crippen LogP) is 28.1. The van der Waals surface area contributed by atoms with Gasteiger partial charge in [0.1, 0.15) is 22.6 Å². The second-order valence-electron chi connectivity index (χ2n) is 40.0. The molecule has 2 N–H and O–H groups in total. The van der Waals surface area contributed by atoms with Gasteiger partial charge >= 0.3 is 0 Å². The summed E-state index contributed by atoms with van der Waals surface area (Å²) in [5.41, 5.74) is 6.01. The van der Waals surface area contributed by atoms with Crippen molar-refractivity contribution in [1.82, 2.24) is 10.6 Å². The van der Waals surface area contributed by atoms with E-state index in [0.717, 1.165) is 115 Å². The highest BCUT2D eigenvalue weighted by atomic mass is 28.4. The molecule has 0 heterocycles. The van der Waals surface area contributed by atoms with E-state index in [1.165, 1.54) is 0 Å². The number of aldehydes is 1. The summed E-state index contributed by atoms with van der Waals surface area (Å²) in [7, 11) is -14.1. The fraction of sp³-hybridized carbons (Fsp3) is 0.901. The van der Waals surface area contributed by atoms with E-state index in [9.17, 15) is 14.4 Å². The molecule has 0 spiro atoms. The molecule has 1 aromatic carbocycles. The van der Waals surface area contributed by atoms with Crippen LogP contribution >= 0.6 is 0 Å². The first kappa shape index (κ1) is 107. The van der Waals surface area contributed by atoms with E-state index in [0.29, 0.717) is 177 Å². The minimum absolute atomic E-state index is 0.0690. The van der Waals surface area contributed by atoms with Crippen molar-refractivity contribution in [3.63, 3.8) is 0 Å². The lowest BCUT2D eigenvalue weighted by Gasteiger charge is -2.50. The van der Waals surface area contributed by atoms with Crippen molar-refractivity contribution in [3.05, 3.63) is 23.8 Å². The molecule has 0 aliphatic rings. The molecule has 110 heavy (non-hydrogen) atoms. The van der Waals surface area contributed by atoms with Crippen LogP contribution in [0.25, 0.3) is 0 Å². The van der Waals surface area contributed by atoms with Crippen molar-refractivity contribution in [1.29, 1.82) is 0 Å². The molecule has 2 amide bonds. The third-order valence-corrected chi connectivity index (χ3v) is 63.2. The predicted molar refractivity (Wildman–Crippen MR) is 490 cm³/mol. The summed E-state index contributed by atoms with van der Waals surface area (Å²) in [5.74, 6) is 1.45. The quantitative estimate of drug-likeness (QED) is 0.0365. The second-order valence-corrected chi connectivity index (χ2v) is 72.7. The number of ether oxygens (including phenoxy) is 2. The number of nitrogens with one attached hydrogen (secondary N) is 2. The molecule has 0 atom stereocenters. The van der Waals surface area contributed by atoms with Crippen molar-refractivity contribution in [2.45, 2.75) is 476 Å². The molecule has 1 aromatic rings. The van der Waals surface area contributed by atoms with Gasteiger partial charge in [-0.3, -0.25) is 14.4 Å². The van der Waals surface area contributed by atoms with Crippen LogP contribution in [-0.4, -0.2) is 132 Å². The number of carbonyl (C=O) groups excluding carboxylic acids is 3. The maximum atomic E-state index is 14.6. The lowest BCUT2D eigenvalue weighted by atomic mass is 10.0. The molecular weight excluding hydrogens is 1470 g/mol. The summed E-state index contributed by atoms with van der Waals surface area (Å²) in [6.45, 7) is 88.0. The fourth-order valence-corrected chi connectivity index (χ4v) is 55.0. The Morgan fingerprint density at radius 3 is 0.682 bits per heavy atom. The fourth-order valence-electron chi connectivity index (χ4n) is 21.9. The SMILES string of the molecule is CC(C)[Si](OCC(CO[Si](C(C)C)(C(C)C)C(C)C)(CO[Si](C(C)C)(C(C)C)C(C)C)NC(=O)CCCCCCCCCCOc1ccc(C=O)c(OCCCCCCCCCCC(=O)NC(CO[Si](C(C)C)(C(C)C)C(C)C)(CO[Si](C(C)C)(C(C)C)C(C)C)CO[Si](C(C)C)(C(C)C)C(C)C)c1)(C(C)C)C(C)C. The Hall–Kier alpha value is -1.51.